The Morgan fingerprint density at radius 1 is 1.23 bits per heavy atom. The van der Waals surface area contributed by atoms with Crippen molar-refractivity contribution in [2.45, 2.75) is 39.3 Å². The fourth-order valence-electron chi connectivity index (χ4n) is 3.41. The van der Waals surface area contributed by atoms with Crippen LogP contribution in [0.5, 0.6) is 0 Å². The van der Waals surface area contributed by atoms with Gasteiger partial charge in [-0.15, -0.1) is 0 Å². The van der Waals surface area contributed by atoms with Crippen molar-refractivity contribution < 1.29 is 13.2 Å². The van der Waals surface area contributed by atoms with Gasteiger partial charge in [-0.1, -0.05) is 30.3 Å². The lowest BCUT2D eigenvalue weighted by Gasteiger charge is -2.23. The third kappa shape index (κ3) is 3.46. The van der Waals surface area contributed by atoms with Crippen molar-refractivity contribution in [2.75, 3.05) is 10.1 Å². The minimum absolute atomic E-state index is 0.0631. The molecule has 0 saturated carbocycles. The number of benzene rings is 2. The predicted molar refractivity (Wildman–Crippen MR) is 104 cm³/mol. The van der Waals surface area contributed by atoms with Gasteiger partial charge in [-0.25, -0.2) is 8.42 Å². The molecule has 0 aromatic heterocycles. The quantitative estimate of drug-likeness (QED) is 0.876. The van der Waals surface area contributed by atoms with E-state index in [0.717, 1.165) is 11.1 Å². The summed E-state index contributed by atoms with van der Waals surface area (Å²) >= 11 is 0. The van der Waals surface area contributed by atoms with Gasteiger partial charge in [0.15, 0.2) is 0 Å². The van der Waals surface area contributed by atoms with Crippen molar-refractivity contribution in [3.05, 3.63) is 65.2 Å². The second-order valence-electron chi connectivity index (χ2n) is 6.70. The van der Waals surface area contributed by atoms with E-state index in [4.69, 9.17) is 0 Å². The standard InChI is InChI=1S/C20H24N2O3S/c1-4-26(24,25)22-14(2)12-18-13-17(10-11-19(18)22)20(23)21-15(3)16-8-6-5-7-9-16/h5-11,13-15H,4,12H2,1-3H3,(H,21,23)/t14-,15-/m1/s1. The summed E-state index contributed by atoms with van der Waals surface area (Å²) in [6.07, 6.45) is 0.615. The summed E-state index contributed by atoms with van der Waals surface area (Å²) in [7, 11) is -3.32. The fourth-order valence-corrected chi connectivity index (χ4v) is 4.79. The van der Waals surface area contributed by atoms with Crippen LogP contribution in [0.3, 0.4) is 0 Å². The summed E-state index contributed by atoms with van der Waals surface area (Å²) in [4.78, 5) is 12.6. The summed E-state index contributed by atoms with van der Waals surface area (Å²) < 4.78 is 26.2. The molecule has 0 bridgehead atoms. The molecule has 26 heavy (non-hydrogen) atoms. The molecule has 0 saturated heterocycles. The largest absolute Gasteiger partial charge is 0.346 e. The second-order valence-corrected chi connectivity index (χ2v) is 8.83. The molecule has 1 aliphatic heterocycles. The molecule has 2 aromatic rings. The van der Waals surface area contributed by atoms with Crippen LogP contribution in [0.2, 0.25) is 0 Å². The third-order valence-electron chi connectivity index (χ3n) is 4.81. The Morgan fingerprint density at radius 2 is 1.92 bits per heavy atom. The van der Waals surface area contributed by atoms with Crippen molar-refractivity contribution >= 4 is 21.6 Å². The maximum atomic E-state index is 12.6. The normalized spacial score (nSPS) is 17.7. The number of anilines is 1. The molecular weight excluding hydrogens is 348 g/mol. The van der Waals surface area contributed by atoms with Crippen LogP contribution in [0.15, 0.2) is 48.5 Å². The maximum Gasteiger partial charge on any atom is 0.251 e. The van der Waals surface area contributed by atoms with Crippen LogP contribution in [-0.4, -0.2) is 26.1 Å². The minimum Gasteiger partial charge on any atom is -0.346 e. The Hall–Kier alpha value is -2.34. The van der Waals surface area contributed by atoms with E-state index < -0.39 is 10.0 Å². The molecule has 2 aromatic carbocycles. The van der Waals surface area contributed by atoms with E-state index in [-0.39, 0.29) is 23.7 Å². The molecule has 2 atom stereocenters. The molecule has 3 rings (SSSR count). The zero-order valence-electron chi connectivity index (χ0n) is 15.3. The topological polar surface area (TPSA) is 66.5 Å². The smallest absolute Gasteiger partial charge is 0.251 e. The highest BCUT2D eigenvalue weighted by atomic mass is 32.2. The van der Waals surface area contributed by atoms with Gasteiger partial charge in [0, 0.05) is 11.6 Å². The van der Waals surface area contributed by atoms with Gasteiger partial charge in [0.05, 0.1) is 17.5 Å². The van der Waals surface area contributed by atoms with Crippen molar-refractivity contribution in [1.29, 1.82) is 0 Å². The first-order valence-electron chi connectivity index (χ1n) is 8.84. The fraction of sp³-hybridized carbons (Fsp3) is 0.350. The molecule has 0 unspecified atom stereocenters. The number of carbonyl (C=O) groups is 1. The lowest BCUT2D eigenvalue weighted by molar-refractivity contribution is 0.0940. The number of nitrogens with one attached hydrogen (secondary N) is 1. The molecule has 6 heteroatoms. The van der Waals surface area contributed by atoms with Gasteiger partial charge < -0.3 is 5.32 Å². The lowest BCUT2D eigenvalue weighted by atomic mass is 10.0. The predicted octanol–water partition coefficient (Wildman–Crippen LogP) is 3.28. The number of amides is 1. The van der Waals surface area contributed by atoms with Crippen molar-refractivity contribution in [3.63, 3.8) is 0 Å². The highest BCUT2D eigenvalue weighted by molar-refractivity contribution is 7.92. The van der Waals surface area contributed by atoms with Gasteiger partial charge in [0.1, 0.15) is 0 Å². The number of nitrogens with zero attached hydrogens (tertiary/aromatic N) is 1. The van der Waals surface area contributed by atoms with Crippen LogP contribution in [0.25, 0.3) is 0 Å². The summed E-state index contributed by atoms with van der Waals surface area (Å²) in [5, 5.41) is 3.00. The molecule has 0 aliphatic carbocycles. The molecular formula is C20H24N2O3S. The van der Waals surface area contributed by atoms with Gasteiger partial charge in [-0.2, -0.15) is 0 Å². The Bertz CT molecular complexity index is 910. The summed E-state index contributed by atoms with van der Waals surface area (Å²) in [5.74, 6) is -0.0956. The molecule has 0 spiro atoms. The first kappa shape index (κ1) is 18.5. The summed E-state index contributed by atoms with van der Waals surface area (Å²) in [6, 6.07) is 14.8. The number of hydrogen-bond donors (Lipinski definition) is 1. The number of hydrogen-bond acceptors (Lipinski definition) is 3. The average molecular weight is 372 g/mol. The summed E-state index contributed by atoms with van der Waals surface area (Å²) in [5.41, 5.74) is 3.17. The Kier molecular flexibility index (Phi) is 5.05. The van der Waals surface area contributed by atoms with Gasteiger partial charge in [0.2, 0.25) is 10.0 Å². The van der Waals surface area contributed by atoms with Gasteiger partial charge >= 0.3 is 0 Å². The molecule has 1 heterocycles. The second kappa shape index (κ2) is 7.11. The van der Waals surface area contributed by atoms with E-state index in [2.05, 4.69) is 5.32 Å². The molecule has 1 amide bonds. The molecule has 0 radical (unpaired) electrons. The zero-order valence-corrected chi connectivity index (χ0v) is 16.1. The van der Waals surface area contributed by atoms with E-state index in [1.165, 1.54) is 4.31 Å². The van der Waals surface area contributed by atoms with Crippen molar-refractivity contribution in [3.8, 4) is 0 Å². The van der Waals surface area contributed by atoms with Crippen LogP contribution >= 0.6 is 0 Å². The van der Waals surface area contributed by atoms with Gasteiger partial charge in [0.25, 0.3) is 5.91 Å². The van der Waals surface area contributed by atoms with Crippen LogP contribution < -0.4 is 9.62 Å². The van der Waals surface area contributed by atoms with Gasteiger partial charge in [-0.05, 0) is 56.5 Å². The molecule has 5 nitrogen and oxygen atoms in total. The van der Waals surface area contributed by atoms with E-state index in [9.17, 15) is 13.2 Å². The molecule has 0 fully saturated rings. The maximum absolute atomic E-state index is 12.6. The van der Waals surface area contributed by atoms with E-state index in [1.54, 1.807) is 19.1 Å². The van der Waals surface area contributed by atoms with Gasteiger partial charge in [-0.3, -0.25) is 9.10 Å². The average Bonchev–Trinajstić information content (AvgIpc) is 2.97. The number of fused-ring (bicyclic) bond motifs is 1. The summed E-state index contributed by atoms with van der Waals surface area (Å²) in [6.45, 7) is 5.48. The minimum atomic E-state index is -3.32. The molecule has 1 N–H and O–H groups in total. The Morgan fingerprint density at radius 3 is 2.58 bits per heavy atom. The SMILES string of the molecule is CCS(=O)(=O)N1c2ccc(C(=O)N[C@H](C)c3ccccc3)cc2C[C@H]1C. The third-order valence-corrected chi connectivity index (χ3v) is 6.69. The van der Waals surface area contributed by atoms with E-state index in [1.807, 2.05) is 50.2 Å². The highest BCUT2D eigenvalue weighted by Crippen LogP contribution is 2.35. The zero-order chi connectivity index (χ0) is 18.9. The first-order chi connectivity index (χ1) is 12.3. The monoisotopic (exact) mass is 372 g/mol. The van der Waals surface area contributed by atoms with E-state index in [0.29, 0.717) is 17.7 Å². The van der Waals surface area contributed by atoms with Crippen LogP contribution in [0.1, 0.15) is 48.3 Å². The lowest BCUT2D eigenvalue weighted by Crippen LogP contribution is -2.36. The van der Waals surface area contributed by atoms with Crippen molar-refractivity contribution in [2.24, 2.45) is 0 Å². The molecule has 138 valence electrons. The number of rotatable bonds is 5. The Labute approximate surface area is 155 Å². The van der Waals surface area contributed by atoms with Crippen molar-refractivity contribution in [1.82, 2.24) is 5.32 Å². The Balaban J connectivity index is 1.82. The number of sulfonamides is 1. The molecule has 1 aliphatic rings. The van der Waals surface area contributed by atoms with E-state index >= 15 is 0 Å². The van der Waals surface area contributed by atoms with Crippen LogP contribution in [0, 0.1) is 0 Å². The highest BCUT2D eigenvalue weighted by Gasteiger charge is 2.34. The number of carbonyl (C=O) groups excluding carboxylic acids is 1. The van der Waals surface area contributed by atoms with Crippen LogP contribution in [-0.2, 0) is 16.4 Å². The first-order valence-corrected chi connectivity index (χ1v) is 10.4. The van der Waals surface area contributed by atoms with Crippen LogP contribution in [0.4, 0.5) is 5.69 Å².